The van der Waals surface area contributed by atoms with Gasteiger partial charge in [0, 0.05) is 38.6 Å². The second-order valence-corrected chi connectivity index (χ2v) is 8.62. The van der Waals surface area contributed by atoms with Gasteiger partial charge in [-0.2, -0.15) is 0 Å². The fourth-order valence-electron chi connectivity index (χ4n) is 4.96. The van der Waals surface area contributed by atoms with Gasteiger partial charge in [-0.1, -0.05) is 19.1 Å². The summed E-state index contributed by atoms with van der Waals surface area (Å²) in [5.41, 5.74) is 1.58. The lowest BCUT2D eigenvalue weighted by Crippen LogP contribution is -2.48. The van der Waals surface area contributed by atoms with Crippen LogP contribution in [0.25, 0.3) is 0 Å². The molecule has 3 aliphatic heterocycles. The van der Waals surface area contributed by atoms with Crippen molar-refractivity contribution in [3.8, 4) is 0 Å². The third kappa shape index (κ3) is 3.87. The first kappa shape index (κ1) is 19.2. The molecule has 2 amide bonds. The minimum Gasteiger partial charge on any atom is -0.359 e. The average Bonchev–Trinajstić information content (AvgIpc) is 3.22. The maximum absolute atomic E-state index is 14.4. The van der Waals surface area contributed by atoms with E-state index in [-0.39, 0.29) is 30.1 Å². The highest BCUT2D eigenvalue weighted by Crippen LogP contribution is 2.32. The molecule has 6 heteroatoms. The van der Waals surface area contributed by atoms with Gasteiger partial charge in [0.1, 0.15) is 5.82 Å². The zero-order chi connectivity index (χ0) is 19.7. The Morgan fingerprint density at radius 2 is 1.79 bits per heavy atom. The van der Waals surface area contributed by atoms with Crippen LogP contribution in [0.2, 0.25) is 0 Å². The molecule has 2 fully saturated rings. The molecule has 0 aliphatic carbocycles. The van der Waals surface area contributed by atoms with Crippen molar-refractivity contribution in [1.29, 1.82) is 0 Å². The minimum absolute atomic E-state index is 0.0374. The normalized spacial score (nSPS) is 23.1. The molecule has 0 spiro atoms. The molecule has 0 bridgehead atoms. The molecule has 0 aromatic heterocycles. The number of carbonyl (C=O) groups is 2. The molecule has 2 saturated heterocycles. The van der Waals surface area contributed by atoms with E-state index in [4.69, 9.17) is 0 Å². The maximum Gasteiger partial charge on any atom is 0.242 e. The summed E-state index contributed by atoms with van der Waals surface area (Å²) >= 11 is 0. The van der Waals surface area contributed by atoms with Crippen LogP contribution in [-0.4, -0.2) is 60.9 Å². The van der Waals surface area contributed by atoms with Crippen molar-refractivity contribution in [3.05, 3.63) is 29.6 Å². The van der Waals surface area contributed by atoms with Crippen LogP contribution in [0, 0.1) is 17.7 Å². The highest BCUT2D eigenvalue weighted by molar-refractivity contribution is 5.83. The number of halogens is 1. The third-order valence-electron chi connectivity index (χ3n) is 6.43. The van der Waals surface area contributed by atoms with Crippen LogP contribution >= 0.6 is 0 Å². The van der Waals surface area contributed by atoms with E-state index in [2.05, 4.69) is 6.92 Å². The number of para-hydroxylation sites is 1. The van der Waals surface area contributed by atoms with Crippen LogP contribution in [0.3, 0.4) is 0 Å². The van der Waals surface area contributed by atoms with E-state index >= 15 is 0 Å². The Balaban J connectivity index is 1.36. The molecule has 0 N–H and O–H groups in total. The summed E-state index contributed by atoms with van der Waals surface area (Å²) in [5.74, 6) is 0.509. The molecule has 3 aliphatic rings. The second-order valence-electron chi connectivity index (χ2n) is 8.62. The van der Waals surface area contributed by atoms with E-state index in [1.165, 1.54) is 6.07 Å². The molecule has 28 heavy (non-hydrogen) atoms. The second kappa shape index (κ2) is 8.10. The van der Waals surface area contributed by atoms with Crippen LogP contribution in [-0.2, 0) is 16.0 Å². The standard InChI is InChI=1S/C22H30FN3O2/c1-16-13-18-5-4-6-19(23)21(18)26(14-16)15-20(27)24-11-7-17(8-12-24)22(28)25-9-2-3-10-25/h4-6,16-17H,2-3,7-15H2,1H3. The van der Waals surface area contributed by atoms with Gasteiger partial charge in [-0.05, 0) is 49.7 Å². The average molecular weight is 387 g/mol. The Bertz CT molecular complexity index is 739. The Kier molecular flexibility index (Phi) is 5.56. The van der Waals surface area contributed by atoms with Crippen LogP contribution in [0.15, 0.2) is 18.2 Å². The lowest BCUT2D eigenvalue weighted by molar-refractivity contribution is -0.139. The summed E-state index contributed by atoms with van der Waals surface area (Å²) in [6, 6.07) is 5.18. The molecule has 4 rings (SSSR count). The summed E-state index contributed by atoms with van der Waals surface area (Å²) in [6.45, 7) is 6.06. The number of hydrogen-bond acceptors (Lipinski definition) is 3. The van der Waals surface area contributed by atoms with Gasteiger partial charge in [-0.15, -0.1) is 0 Å². The highest BCUT2D eigenvalue weighted by Gasteiger charge is 2.33. The summed E-state index contributed by atoms with van der Waals surface area (Å²) in [4.78, 5) is 31.2. The Morgan fingerprint density at radius 1 is 1.07 bits per heavy atom. The van der Waals surface area contributed by atoms with Crippen molar-refractivity contribution >= 4 is 17.5 Å². The summed E-state index contributed by atoms with van der Waals surface area (Å²) < 4.78 is 14.4. The third-order valence-corrected chi connectivity index (χ3v) is 6.43. The van der Waals surface area contributed by atoms with Gasteiger partial charge >= 0.3 is 0 Å². The van der Waals surface area contributed by atoms with E-state index in [0.29, 0.717) is 31.2 Å². The quantitative estimate of drug-likeness (QED) is 0.801. The minimum atomic E-state index is -0.243. The molecular formula is C22H30FN3O2. The van der Waals surface area contributed by atoms with Gasteiger partial charge in [0.15, 0.2) is 0 Å². The van der Waals surface area contributed by atoms with Gasteiger partial charge in [0.05, 0.1) is 12.2 Å². The molecule has 1 aromatic carbocycles. The van der Waals surface area contributed by atoms with Crippen LogP contribution in [0.4, 0.5) is 10.1 Å². The number of carbonyl (C=O) groups excluding carboxylic acids is 2. The van der Waals surface area contributed by atoms with E-state index in [1.54, 1.807) is 6.07 Å². The number of anilines is 1. The zero-order valence-electron chi connectivity index (χ0n) is 16.7. The van der Waals surface area contributed by atoms with E-state index in [9.17, 15) is 14.0 Å². The van der Waals surface area contributed by atoms with Gasteiger partial charge in [-0.25, -0.2) is 4.39 Å². The number of piperidine rings is 1. The van der Waals surface area contributed by atoms with Crippen molar-refractivity contribution < 1.29 is 14.0 Å². The van der Waals surface area contributed by atoms with E-state index in [0.717, 1.165) is 50.8 Å². The summed E-state index contributed by atoms with van der Waals surface area (Å²) in [5, 5.41) is 0. The van der Waals surface area contributed by atoms with Gasteiger partial charge in [0.25, 0.3) is 0 Å². The van der Waals surface area contributed by atoms with E-state index < -0.39 is 0 Å². The van der Waals surface area contributed by atoms with Gasteiger partial charge in [-0.3, -0.25) is 9.59 Å². The van der Waals surface area contributed by atoms with Crippen molar-refractivity contribution in [1.82, 2.24) is 9.80 Å². The SMILES string of the molecule is CC1Cc2cccc(F)c2N(CC(=O)N2CCC(C(=O)N3CCCC3)CC2)C1. The molecule has 5 nitrogen and oxygen atoms in total. The van der Waals surface area contributed by atoms with Crippen molar-refractivity contribution in [2.45, 2.75) is 39.0 Å². The molecular weight excluding hydrogens is 357 g/mol. The molecule has 3 heterocycles. The Hall–Kier alpha value is -2.11. The number of hydrogen-bond donors (Lipinski definition) is 0. The molecule has 0 saturated carbocycles. The number of rotatable bonds is 3. The first-order chi connectivity index (χ1) is 13.5. The molecule has 1 unspecified atom stereocenters. The van der Waals surface area contributed by atoms with Gasteiger partial charge < -0.3 is 14.7 Å². The lowest BCUT2D eigenvalue weighted by atomic mass is 9.93. The van der Waals surface area contributed by atoms with Crippen LogP contribution < -0.4 is 4.90 Å². The summed E-state index contributed by atoms with van der Waals surface area (Å²) in [6.07, 6.45) is 4.54. The van der Waals surface area contributed by atoms with Crippen LogP contribution in [0.5, 0.6) is 0 Å². The maximum atomic E-state index is 14.4. The summed E-state index contributed by atoms with van der Waals surface area (Å²) in [7, 11) is 0. The Morgan fingerprint density at radius 3 is 2.50 bits per heavy atom. The predicted octanol–water partition coefficient (Wildman–Crippen LogP) is 2.69. The fourth-order valence-corrected chi connectivity index (χ4v) is 4.96. The fraction of sp³-hybridized carbons (Fsp3) is 0.636. The number of fused-ring (bicyclic) bond motifs is 1. The monoisotopic (exact) mass is 387 g/mol. The van der Waals surface area contributed by atoms with Crippen molar-refractivity contribution in [3.63, 3.8) is 0 Å². The zero-order valence-corrected chi connectivity index (χ0v) is 16.7. The number of likely N-dealkylation sites (tertiary alicyclic amines) is 2. The number of benzene rings is 1. The predicted molar refractivity (Wildman–Crippen MR) is 107 cm³/mol. The smallest absolute Gasteiger partial charge is 0.242 e. The van der Waals surface area contributed by atoms with Gasteiger partial charge in [0.2, 0.25) is 11.8 Å². The van der Waals surface area contributed by atoms with Crippen molar-refractivity contribution in [2.75, 3.05) is 44.2 Å². The molecule has 1 atom stereocenters. The van der Waals surface area contributed by atoms with E-state index in [1.807, 2.05) is 20.8 Å². The van der Waals surface area contributed by atoms with Crippen molar-refractivity contribution in [2.24, 2.45) is 11.8 Å². The molecule has 0 radical (unpaired) electrons. The van der Waals surface area contributed by atoms with Crippen LogP contribution in [0.1, 0.15) is 38.2 Å². The number of nitrogens with zero attached hydrogens (tertiary/aromatic N) is 3. The first-order valence-electron chi connectivity index (χ1n) is 10.6. The lowest BCUT2D eigenvalue weighted by Gasteiger charge is -2.37. The highest BCUT2D eigenvalue weighted by atomic mass is 19.1. The number of amides is 2. The largest absolute Gasteiger partial charge is 0.359 e. The first-order valence-corrected chi connectivity index (χ1v) is 10.6. The Labute approximate surface area is 166 Å². The molecule has 152 valence electrons. The topological polar surface area (TPSA) is 43.9 Å². The molecule has 1 aromatic rings.